The Morgan fingerprint density at radius 3 is 2.29 bits per heavy atom. The Kier molecular flexibility index (Phi) is 3.96. The van der Waals surface area contributed by atoms with Crippen LogP contribution in [0.4, 0.5) is 5.82 Å². The van der Waals surface area contributed by atoms with Crippen LogP contribution in [-0.2, 0) is 6.54 Å². The summed E-state index contributed by atoms with van der Waals surface area (Å²) in [6.45, 7) is 3.19. The summed E-state index contributed by atoms with van der Waals surface area (Å²) in [5.41, 5.74) is 2.89. The number of benzene rings is 2. The number of ether oxygens (including phenoxy) is 1. The summed E-state index contributed by atoms with van der Waals surface area (Å²) in [4.78, 5) is 9.14. The van der Waals surface area contributed by atoms with E-state index in [1.807, 2.05) is 49.4 Å². The van der Waals surface area contributed by atoms with Gasteiger partial charge in [0.2, 0.25) is 0 Å². The summed E-state index contributed by atoms with van der Waals surface area (Å²) in [5.74, 6) is 1.23. The molecule has 4 heteroatoms. The van der Waals surface area contributed by atoms with Gasteiger partial charge in [0.05, 0.1) is 17.6 Å². The van der Waals surface area contributed by atoms with E-state index in [2.05, 4.69) is 27.4 Å². The van der Waals surface area contributed by atoms with Gasteiger partial charge in [0.25, 0.3) is 5.88 Å². The zero-order valence-corrected chi connectivity index (χ0v) is 11.9. The molecule has 0 saturated carbocycles. The fourth-order valence-corrected chi connectivity index (χ4v) is 2.12. The number of fused-ring (bicyclic) bond motifs is 1. The van der Waals surface area contributed by atoms with Crippen LogP contribution < -0.4 is 10.1 Å². The van der Waals surface area contributed by atoms with Crippen molar-refractivity contribution in [3.8, 4) is 5.88 Å². The maximum atomic E-state index is 5.60. The monoisotopic (exact) mass is 279 g/mol. The zero-order valence-electron chi connectivity index (χ0n) is 11.9. The predicted molar refractivity (Wildman–Crippen MR) is 84.5 cm³/mol. The van der Waals surface area contributed by atoms with Crippen molar-refractivity contribution in [3.63, 3.8) is 0 Å². The molecule has 4 nitrogen and oxygen atoms in total. The largest absolute Gasteiger partial charge is 0.475 e. The molecule has 2 aromatic carbocycles. The average molecular weight is 279 g/mol. The fraction of sp³-hybridized carbons (Fsp3) is 0.176. The average Bonchev–Trinajstić information content (AvgIpc) is 2.54. The van der Waals surface area contributed by atoms with Crippen LogP contribution in [0.1, 0.15) is 12.5 Å². The van der Waals surface area contributed by atoms with Crippen LogP contribution in [0, 0.1) is 0 Å². The number of anilines is 1. The van der Waals surface area contributed by atoms with Crippen LogP contribution in [0.3, 0.4) is 0 Å². The summed E-state index contributed by atoms with van der Waals surface area (Å²) in [7, 11) is 0. The number of hydrogen-bond donors (Lipinski definition) is 1. The van der Waals surface area contributed by atoms with E-state index in [0.717, 1.165) is 11.0 Å². The Morgan fingerprint density at radius 1 is 0.905 bits per heavy atom. The van der Waals surface area contributed by atoms with Crippen molar-refractivity contribution in [1.29, 1.82) is 0 Å². The highest BCUT2D eigenvalue weighted by Crippen LogP contribution is 2.23. The minimum absolute atomic E-state index is 0.548. The van der Waals surface area contributed by atoms with Crippen LogP contribution in [0.25, 0.3) is 11.0 Å². The van der Waals surface area contributed by atoms with E-state index < -0.39 is 0 Å². The lowest BCUT2D eigenvalue weighted by Gasteiger charge is -2.11. The first kappa shape index (κ1) is 13.4. The van der Waals surface area contributed by atoms with Gasteiger partial charge in [0.15, 0.2) is 5.82 Å². The van der Waals surface area contributed by atoms with Crippen LogP contribution in [-0.4, -0.2) is 16.6 Å². The number of rotatable bonds is 5. The van der Waals surface area contributed by atoms with Crippen molar-refractivity contribution < 1.29 is 4.74 Å². The molecule has 1 aromatic heterocycles. The van der Waals surface area contributed by atoms with E-state index in [-0.39, 0.29) is 0 Å². The van der Waals surface area contributed by atoms with Crippen molar-refractivity contribution in [1.82, 2.24) is 9.97 Å². The maximum Gasteiger partial charge on any atom is 0.258 e. The van der Waals surface area contributed by atoms with Crippen LogP contribution in [0.15, 0.2) is 54.6 Å². The molecule has 0 saturated heterocycles. The summed E-state index contributed by atoms with van der Waals surface area (Å²) < 4.78 is 5.60. The van der Waals surface area contributed by atoms with Gasteiger partial charge >= 0.3 is 0 Å². The molecular formula is C17H17N3O. The number of aromatic nitrogens is 2. The Bertz CT molecular complexity index is 728. The molecule has 1 N–H and O–H groups in total. The molecule has 106 valence electrons. The summed E-state index contributed by atoms with van der Waals surface area (Å²) in [6, 6.07) is 18.0. The van der Waals surface area contributed by atoms with Gasteiger partial charge in [-0.25, -0.2) is 9.97 Å². The van der Waals surface area contributed by atoms with Gasteiger partial charge in [-0.3, -0.25) is 0 Å². The van der Waals surface area contributed by atoms with Crippen LogP contribution in [0.2, 0.25) is 0 Å². The lowest BCUT2D eigenvalue weighted by molar-refractivity contribution is 0.328. The SMILES string of the molecule is CCOc1nc2ccccc2nc1NCc1ccccc1. The molecule has 3 rings (SSSR count). The molecule has 0 fully saturated rings. The lowest BCUT2D eigenvalue weighted by Crippen LogP contribution is -2.06. The number of nitrogens with one attached hydrogen (secondary N) is 1. The Balaban J connectivity index is 1.90. The number of hydrogen-bond acceptors (Lipinski definition) is 4. The predicted octanol–water partition coefficient (Wildman–Crippen LogP) is 3.64. The van der Waals surface area contributed by atoms with Gasteiger partial charge in [-0.2, -0.15) is 0 Å². The normalized spacial score (nSPS) is 10.5. The molecule has 0 aliphatic heterocycles. The van der Waals surface area contributed by atoms with E-state index in [9.17, 15) is 0 Å². The topological polar surface area (TPSA) is 47.0 Å². The molecule has 0 bridgehead atoms. The fourth-order valence-electron chi connectivity index (χ4n) is 2.12. The highest BCUT2D eigenvalue weighted by molar-refractivity contribution is 5.77. The minimum Gasteiger partial charge on any atom is -0.475 e. The van der Waals surface area contributed by atoms with E-state index in [1.54, 1.807) is 0 Å². The molecule has 1 heterocycles. The van der Waals surface area contributed by atoms with Crippen molar-refractivity contribution >= 4 is 16.9 Å². The molecule has 0 aliphatic carbocycles. The van der Waals surface area contributed by atoms with E-state index in [0.29, 0.717) is 24.8 Å². The van der Waals surface area contributed by atoms with Crippen molar-refractivity contribution in [2.75, 3.05) is 11.9 Å². The molecule has 0 amide bonds. The molecule has 21 heavy (non-hydrogen) atoms. The third kappa shape index (κ3) is 3.11. The minimum atomic E-state index is 0.548. The third-order valence-corrected chi connectivity index (χ3v) is 3.12. The first-order valence-electron chi connectivity index (χ1n) is 7.04. The van der Waals surface area contributed by atoms with Gasteiger partial charge in [0.1, 0.15) is 0 Å². The lowest BCUT2D eigenvalue weighted by atomic mass is 10.2. The molecule has 3 aromatic rings. The third-order valence-electron chi connectivity index (χ3n) is 3.12. The van der Waals surface area contributed by atoms with E-state index in [4.69, 9.17) is 4.74 Å². The summed E-state index contributed by atoms with van der Waals surface area (Å²) in [6.07, 6.45) is 0. The van der Waals surface area contributed by atoms with Gasteiger partial charge in [-0.1, -0.05) is 42.5 Å². The molecule has 0 unspecified atom stereocenters. The molecule has 0 spiro atoms. The molecular weight excluding hydrogens is 262 g/mol. The second kappa shape index (κ2) is 6.22. The van der Waals surface area contributed by atoms with Crippen molar-refractivity contribution in [2.45, 2.75) is 13.5 Å². The number of nitrogens with zero attached hydrogens (tertiary/aromatic N) is 2. The Hall–Kier alpha value is -2.62. The second-order valence-electron chi connectivity index (χ2n) is 4.64. The first-order chi connectivity index (χ1) is 10.4. The quantitative estimate of drug-likeness (QED) is 0.774. The van der Waals surface area contributed by atoms with Gasteiger partial charge in [0, 0.05) is 6.54 Å². The van der Waals surface area contributed by atoms with Crippen molar-refractivity contribution in [2.24, 2.45) is 0 Å². The van der Waals surface area contributed by atoms with Crippen molar-refractivity contribution in [3.05, 3.63) is 60.2 Å². The van der Waals surface area contributed by atoms with Gasteiger partial charge < -0.3 is 10.1 Å². The molecule has 0 radical (unpaired) electrons. The maximum absolute atomic E-state index is 5.60. The van der Waals surface area contributed by atoms with E-state index >= 15 is 0 Å². The first-order valence-corrected chi connectivity index (χ1v) is 7.04. The smallest absolute Gasteiger partial charge is 0.258 e. The zero-order chi connectivity index (χ0) is 14.5. The van der Waals surface area contributed by atoms with Crippen LogP contribution in [0.5, 0.6) is 5.88 Å². The van der Waals surface area contributed by atoms with E-state index in [1.165, 1.54) is 5.56 Å². The molecule has 0 aliphatic rings. The summed E-state index contributed by atoms with van der Waals surface area (Å²) in [5, 5.41) is 3.31. The summed E-state index contributed by atoms with van der Waals surface area (Å²) >= 11 is 0. The number of para-hydroxylation sites is 2. The van der Waals surface area contributed by atoms with Crippen LogP contribution >= 0.6 is 0 Å². The Morgan fingerprint density at radius 2 is 1.57 bits per heavy atom. The standard InChI is InChI=1S/C17H17N3O/c1-2-21-17-16(18-12-13-8-4-3-5-9-13)19-14-10-6-7-11-15(14)20-17/h3-11H,2,12H2,1H3,(H,18,19). The highest BCUT2D eigenvalue weighted by Gasteiger charge is 2.09. The highest BCUT2D eigenvalue weighted by atomic mass is 16.5. The second-order valence-corrected chi connectivity index (χ2v) is 4.64. The Labute approximate surface area is 123 Å². The van der Waals surface area contributed by atoms with Gasteiger partial charge in [-0.15, -0.1) is 0 Å². The van der Waals surface area contributed by atoms with Gasteiger partial charge in [-0.05, 0) is 24.6 Å². The molecule has 0 atom stereocenters.